The molecule has 3 nitrogen and oxygen atoms in total. The molecule has 1 heterocycles. The first kappa shape index (κ1) is 12.7. The maximum atomic E-state index is 5.95. The maximum absolute atomic E-state index is 5.95. The second kappa shape index (κ2) is 5.74. The van der Waals surface area contributed by atoms with Crippen LogP contribution in [-0.4, -0.2) is 11.5 Å². The van der Waals surface area contributed by atoms with E-state index in [9.17, 15) is 0 Å². The Morgan fingerprint density at radius 1 is 1.22 bits per heavy atom. The predicted molar refractivity (Wildman–Crippen MR) is 76.8 cm³/mol. The highest BCUT2D eigenvalue weighted by molar-refractivity contribution is 6.30. The molecule has 4 heteroatoms. The van der Waals surface area contributed by atoms with E-state index in [-0.39, 0.29) is 0 Å². The monoisotopic (exact) mass is 261 g/mol. The van der Waals surface area contributed by atoms with Crippen LogP contribution in [0.25, 0.3) is 0 Å². The van der Waals surface area contributed by atoms with Gasteiger partial charge in [0, 0.05) is 24.3 Å². The van der Waals surface area contributed by atoms with Crippen LogP contribution < -0.4 is 10.6 Å². The average Bonchev–Trinajstić information content (AvgIpc) is 2.39. The summed E-state index contributed by atoms with van der Waals surface area (Å²) in [5.74, 6) is 0.829. The van der Waals surface area contributed by atoms with Gasteiger partial charge in [-0.25, -0.2) is 4.98 Å². The Balaban J connectivity index is 2.20. The Labute approximate surface area is 112 Å². The summed E-state index contributed by atoms with van der Waals surface area (Å²) in [5, 5.41) is 0.749. The van der Waals surface area contributed by atoms with Crippen LogP contribution in [0.2, 0.25) is 5.02 Å². The fourth-order valence-electron chi connectivity index (χ4n) is 1.82. The van der Waals surface area contributed by atoms with E-state index in [0.717, 1.165) is 23.9 Å². The highest BCUT2D eigenvalue weighted by Gasteiger charge is 2.09. The largest absolute Gasteiger partial charge is 0.396 e. The number of halogens is 1. The molecule has 0 spiro atoms. The lowest BCUT2D eigenvalue weighted by atomic mass is 10.2. The number of benzene rings is 1. The summed E-state index contributed by atoms with van der Waals surface area (Å²) in [6.45, 7) is 3.71. The van der Waals surface area contributed by atoms with Crippen molar-refractivity contribution < 1.29 is 0 Å². The first-order chi connectivity index (χ1) is 8.70. The normalized spacial score (nSPS) is 10.3. The van der Waals surface area contributed by atoms with Crippen LogP contribution in [0.4, 0.5) is 11.5 Å². The number of anilines is 2. The van der Waals surface area contributed by atoms with Gasteiger partial charge in [0.25, 0.3) is 0 Å². The van der Waals surface area contributed by atoms with Gasteiger partial charge in [0.05, 0.1) is 5.69 Å². The molecule has 0 radical (unpaired) electrons. The van der Waals surface area contributed by atoms with Gasteiger partial charge in [0.1, 0.15) is 0 Å². The lowest BCUT2D eigenvalue weighted by molar-refractivity contribution is 0.815. The van der Waals surface area contributed by atoms with Gasteiger partial charge in [-0.3, -0.25) is 0 Å². The summed E-state index contributed by atoms with van der Waals surface area (Å²) in [6, 6.07) is 11.5. The summed E-state index contributed by atoms with van der Waals surface area (Å²) in [6.07, 6.45) is 1.76. The van der Waals surface area contributed by atoms with Crippen molar-refractivity contribution in [2.45, 2.75) is 13.5 Å². The zero-order valence-electron chi connectivity index (χ0n) is 10.3. The summed E-state index contributed by atoms with van der Waals surface area (Å²) in [4.78, 5) is 6.48. The summed E-state index contributed by atoms with van der Waals surface area (Å²) >= 11 is 5.88. The van der Waals surface area contributed by atoms with Gasteiger partial charge in [0.2, 0.25) is 0 Å². The molecule has 18 heavy (non-hydrogen) atoms. The van der Waals surface area contributed by atoms with E-state index in [1.54, 1.807) is 6.20 Å². The molecule has 2 rings (SSSR count). The highest BCUT2D eigenvalue weighted by Crippen LogP contribution is 2.21. The smallest absolute Gasteiger partial charge is 0.152 e. The van der Waals surface area contributed by atoms with Crippen LogP contribution in [0.5, 0.6) is 0 Å². The van der Waals surface area contributed by atoms with Crippen LogP contribution in [0.1, 0.15) is 12.5 Å². The molecule has 0 unspecified atom stereocenters. The fraction of sp³-hybridized carbons (Fsp3) is 0.214. The van der Waals surface area contributed by atoms with Crippen molar-refractivity contribution in [3.63, 3.8) is 0 Å². The molecule has 94 valence electrons. The van der Waals surface area contributed by atoms with E-state index < -0.39 is 0 Å². The zero-order chi connectivity index (χ0) is 13.0. The molecule has 0 atom stereocenters. The Bertz CT molecular complexity index is 511. The first-order valence-electron chi connectivity index (χ1n) is 5.90. The van der Waals surface area contributed by atoms with Crippen LogP contribution in [-0.2, 0) is 6.54 Å². The van der Waals surface area contributed by atoms with Crippen LogP contribution >= 0.6 is 11.6 Å². The van der Waals surface area contributed by atoms with Crippen molar-refractivity contribution >= 4 is 23.1 Å². The van der Waals surface area contributed by atoms with Crippen molar-refractivity contribution in [3.05, 3.63) is 53.2 Å². The quantitative estimate of drug-likeness (QED) is 0.918. The maximum Gasteiger partial charge on any atom is 0.152 e. The van der Waals surface area contributed by atoms with Gasteiger partial charge >= 0.3 is 0 Å². The Morgan fingerprint density at radius 3 is 2.56 bits per heavy atom. The minimum absolute atomic E-state index is 0.702. The topological polar surface area (TPSA) is 42.2 Å². The number of pyridine rings is 1. The molecule has 0 bridgehead atoms. The molecular formula is C14H16ClN3. The second-order valence-electron chi connectivity index (χ2n) is 4.06. The molecule has 0 saturated heterocycles. The minimum Gasteiger partial charge on any atom is -0.396 e. The molecule has 0 aliphatic heterocycles. The molecule has 0 saturated carbocycles. The van der Waals surface area contributed by atoms with E-state index in [4.69, 9.17) is 17.3 Å². The molecule has 1 aromatic carbocycles. The standard InChI is InChI=1S/C14H16ClN3/c1-2-18(14-13(16)4-3-9-17-14)10-11-5-7-12(15)8-6-11/h3-9H,2,10,16H2,1H3. The van der Waals surface area contributed by atoms with Crippen molar-refractivity contribution in [1.82, 2.24) is 4.98 Å². The third kappa shape index (κ3) is 2.93. The van der Waals surface area contributed by atoms with E-state index in [1.807, 2.05) is 36.4 Å². The van der Waals surface area contributed by atoms with Crippen molar-refractivity contribution in [1.29, 1.82) is 0 Å². The zero-order valence-corrected chi connectivity index (χ0v) is 11.1. The van der Waals surface area contributed by atoms with Crippen molar-refractivity contribution in [2.24, 2.45) is 0 Å². The Morgan fingerprint density at radius 2 is 1.94 bits per heavy atom. The average molecular weight is 262 g/mol. The number of nitrogen functional groups attached to an aromatic ring is 1. The lowest BCUT2D eigenvalue weighted by Gasteiger charge is -2.23. The van der Waals surface area contributed by atoms with Gasteiger partial charge in [0.15, 0.2) is 5.82 Å². The number of hydrogen-bond donors (Lipinski definition) is 1. The van der Waals surface area contributed by atoms with Crippen molar-refractivity contribution in [3.8, 4) is 0 Å². The predicted octanol–water partition coefficient (Wildman–Crippen LogP) is 3.34. The number of nitrogens with zero attached hydrogens (tertiary/aromatic N) is 2. The summed E-state index contributed by atoms with van der Waals surface area (Å²) in [7, 11) is 0. The van der Waals surface area contributed by atoms with Crippen LogP contribution in [0, 0.1) is 0 Å². The van der Waals surface area contributed by atoms with Gasteiger partial charge in [-0.15, -0.1) is 0 Å². The Kier molecular flexibility index (Phi) is 4.05. The summed E-state index contributed by atoms with van der Waals surface area (Å²) < 4.78 is 0. The summed E-state index contributed by atoms with van der Waals surface area (Å²) in [5.41, 5.74) is 7.84. The van der Waals surface area contributed by atoms with E-state index >= 15 is 0 Å². The van der Waals surface area contributed by atoms with Gasteiger partial charge < -0.3 is 10.6 Å². The van der Waals surface area contributed by atoms with Crippen LogP contribution in [0.15, 0.2) is 42.6 Å². The van der Waals surface area contributed by atoms with Gasteiger partial charge in [-0.1, -0.05) is 23.7 Å². The van der Waals surface area contributed by atoms with E-state index in [1.165, 1.54) is 5.56 Å². The third-order valence-corrected chi connectivity index (χ3v) is 3.04. The molecule has 2 N–H and O–H groups in total. The molecule has 0 aliphatic carbocycles. The molecule has 1 aromatic heterocycles. The third-order valence-electron chi connectivity index (χ3n) is 2.78. The first-order valence-corrected chi connectivity index (χ1v) is 6.28. The molecule has 0 aliphatic rings. The number of aromatic nitrogens is 1. The lowest BCUT2D eigenvalue weighted by Crippen LogP contribution is -2.24. The van der Waals surface area contributed by atoms with Gasteiger partial charge in [-0.2, -0.15) is 0 Å². The SMILES string of the molecule is CCN(Cc1ccc(Cl)cc1)c1ncccc1N. The highest BCUT2D eigenvalue weighted by atomic mass is 35.5. The molecule has 0 amide bonds. The number of hydrogen-bond acceptors (Lipinski definition) is 3. The number of nitrogens with two attached hydrogens (primary N) is 1. The second-order valence-corrected chi connectivity index (χ2v) is 4.49. The van der Waals surface area contributed by atoms with Crippen molar-refractivity contribution in [2.75, 3.05) is 17.2 Å². The number of rotatable bonds is 4. The molecule has 0 fully saturated rings. The molecule has 2 aromatic rings. The van der Waals surface area contributed by atoms with E-state index in [2.05, 4.69) is 16.8 Å². The van der Waals surface area contributed by atoms with Crippen LogP contribution in [0.3, 0.4) is 0 Å². The van der Waals surface area contributed by atoms with E-state index in [0.29, 0.717) is 5.69 Å². The minimum atomic E-state index is 0.702. The van der Waals surface area contributed by atoms with Gasteiger partial charge in [-0.05, 0) is 36.8 Å². The fourth-order valence-corrected chi connectivity index (χ4v) is 1.95. The Hall–Kier alpha value is -1.74. The molecular weight excluding hydrogens is 246 g/mol.